The largest absolute Gasteiger partial charge is 0.335 e. The van der Waals surface area contributed by atoms with Crippen molar-refractivity contribution in [2.45, 2.75) is 12.3 Å². The van der Waals surface area contributed by atoms with Crippen LogP contribution in [-0.4, -0.2) is 49.9 Å². The fourth-order valence-corrected chi connectivity index (χ4v) is 2.84. The highest BCUT2D eigenvalue weighted by Crippen LogP contribution is 2.27. The number of amides is 2. The van der Waals surface area contributed by atoms with Crippen LogP contribution in [0.2, 0.25) is 0 Å². The lowest BCUT2D eigenvalue weighted by Crippen LogP contribution is -2.52. The number of hydrogen-bond donors (Lipinski definition) is 1. The maximum Gasteiger partial charge on any atom is 0.247 e. The van der Waals surface area contributed by atoms with Gasteiger partial charge in [-0.2, -0.15) is 0 Å². The van der Waals surface area contributed by atoms with Gasteiger partial charge >= 0.3 is 0 Å². The monoisotopic (exact) mass is 273 g/mol. The molecule has 5 heteroatoms. The highest BCUT2D eigenvalue weighted by Gasteiger charge is 2.29. The summed E-state index contributed by atoms with van der Waals surface area (Å²) in [4.78, 5) is 27.0. The van der Waals surface area contributed by atoms with Gasteiger partial charge in [-0.15, -0.1) is 0 Å². The van der Waals surface area contributed by atoms with E-state index in [0.717, 1.165) is 25.2 Å². The molecule has 0 spiro atoms. The van der Waals surface area contributed by atoms with Crippen LogP contribution in [0, 0.1) is 0 Å². The molecular weight excluding hydrogens is 254 g/mol. The Hall–Kier alpha value is -1.88. The van der Waals surface area contributed by atoms with E-state index in [9.17, 15) is 9.59 Å². The van der Waals surface area contributed by atoms with E-state index in [-0.39, 0.29) is 24.9 Å². The van der Waals surface area contributed by atoms with Gasteiger partial charge in [-0.25, -0.2) is 0 Å². The topological polar surface area (TPSA) is 52.7 Å². The minimum absolute atomic E-state index is 0.0162. The summed E-state index contributed by atoms with van der Waals surface area (Å²) >= 11 is 0. The van der Waals surface area contributed by atoms with E-state index in [1.807, 2.05) is 18.2 Å². The molecule has 2 saturated heterocycles. The van der Waals surface area contributed by atoms with Crippen molar-refractivity contribution in [1.29, 1.82) is 0 Å². The van der Waals surface area contributed by atoms with Crippen molar-refractivity contribution in [3.8, 4) is 0 Å². The Balaban J connectivity index is 1.84. The first-order valence-electron chi connectivity index (χ1n) is 7.00. The Labute approximate surface area is 118 Å². The van der Waals surface area contributed by atoms with E-state index in [0.29, 0.717) is 5.92 Å². The summed E-state index contributed by atoms with van der Waals surface area (Å²) in [6.45, 7) is 2.33. The van der Waals surface area contributed by atoms with E-state index < -0.39 is 0 Å². The summed E-state index contributed by atoms with van der Waals surface area (Å²) in [5, 5.41) is 3.35. The lowest BCUT2D eigenvalue weighted by atomic mass is 9.97. The number of likely N-dealkylation sites (N-methyl/N-ethyl adjacent to an activating group) is 1. The molecule has 0 radical (unpaired) electrons. The lowest BCUT2D eigenvalue weighted by molar-refractivity contribution is -0.136. The average molecular weight is 273 g/mol. The first-order valence-corrected chi connectivity index (χ1v) is 7.00. The second kappa shape index (κ2) is 5.25. The molecule has 2 heterocycles. The van der Waals surface area contributed by atoms with E-state index in [4.69, 9.17) is 0 Å². The summed E-state index contributed by atoms with van der Waals surface area (Å²) in [5.41, 5.74) is 2.08. The third kappa shape index (κ3) is 2.41. The molecule has 106 valence electrons. The van der Waals surface area contributed by atoms with Gasteiger partial charge in [0.05, 0.1) is 6.54 Å². The van der Waals surface area contributed by atoms with E-state index in [2.05, 4.69) is 11.4 Å². The lowest BCUT2D eigenvalue weighted by Gasteiger charge is -2.32. The van der Waals surface area contributed by atoms with Crippen LogP contribution in [0.1, 0.15) is 17.9 Å². The van der Waals surface area contributed by atoms with Gasteiger partial charge in [0, 0.05) is 19.3 Å². The molecule has 1 atom stereocenters. The van der Waals surface area contributed by atoms with Gasteiger partial charge in [0.2, 0.25) is 11.8 Å². The van der Waals surface area contributed by atoms with Crippen LogP contribution in [0.5, 0.6) is 0 Å². The second-order valence-corrected chi connectivity index (χ2v) is 5.51. The molecule has 1 aromatic rings. The van der Waals surface area contributed by atoms with Crippen molar-refractivity contribution < 1.29 is 9.59 Å². The van der Waals surface area contributed by atoms with E-state index in [1.54, 1.807) is 11.9 Å². The van der Waals surface area contributed by atoms with Crippen LogP contribution in [0.15, 0.2) is 24.3 Å². The van der Waals surface area contributed by atoms with Crippen molar-refractivity contribution in [1.82, 2.24) is 10.2 Å². The van der Waals surface area contributed by atoms with Crippen LogP contribution < -0.4 is 10.2 Å². The van der Waals surface area contributed by atoms with Gasteiger partial charge in [-0.3, -0.25) is 9.59 Å². The average Bonchev–Trinajstić information content (AvgIpc) is 2.97. The summed E-state index contributed by atoms with van der Waals surface area (Å²) in [5.74, 6) is 0.472. The molecule has 0 aromatic heterocycles. The molecule has 1 unspecified atom stereocenters. The third-order valence-corrected chi connectivity index (χ3v) is 4.11. The number of benzene rings is 1. The normalized spacial score (nSPS) is 23.6. The smallest absolute Gasteiger partial charge is 0.247 e. The minimum Gasteiger partial charge on any atom is -0.335 e. The molecule has 0 saturated carbocycles. The molecule has 2 amide bonds. The quantitative estimate of drug-likeness (QED) is 0.857. The zero-order valence-electron chi connectivity index (χ0n) is 11.6. The highest BCUT2D eigenvalue weighted by atomic mass is 16.2. The minimum atomic E-state index is -0.0196. The molecule has 20 heavy (non-hydrogen) atoms. The van der Waals surface area contributed by atoms with Gasteiger partial charge in [-0.05, 0) is 36.6 Å². The number of nitrogens with one attached hydrogen (secondary N) is 1. The number of piperazine rings is 1. The number of carbonyl (C=O) groups is 2. The maximum absolute atomic E-state index is 12.1. The Morgan fingerprint density at radius 1 is 1.20 bits per heavy atom. The van der Waals surface area contributed by atoms with E-state index >= 15 is 0 Å². The number of anilines is 1. The first-order chi connectivity index (χ1) is 9.65. The number of carbonyl (C=O) groups excluding carboxylic acids is 2. The zero-order chi connectivity index (χ0) is 14.1. The van der Waals surface area contributed by atoms with E-state index in [1.165, 1.54) is 10.5 Å². The highest BCUT2D eigenvalue weighted by molar-refractivity contribution is 6.04. The fraction of sp³-hybridized carbons (Fsp3) is 0.467. The van der Waals surface area contributed by atoms with Crippen molar-refractivity contribution in [2.75, 3.05) is 38.1 Å². The molecule has 0 bridgehead atoms. The standard InChI is InChI=1S/C15H19N3O2/c1-17-9-15(20)18(10-14(17)19)13-4-2-3-11(7-13)12-5-6-16-8-12/h2-4,7,12,16H,5-6,8-10H2,1H3. The summed E-state index contributed by atoms with van der Waals surface area (Å²) in [6.07, 6.45) is 1.12. The van der Waals surface area contributed by atoms with Crippen LogP contribution in [0.3, 0.4) is 0 Å². The Morgan fingerprint density at radius 3 is 2.80 bits per heavy atom. The molecule has 1 aromatic carbocycles. The molecule has 2 aliphatic rings. The zero-order valence-corrected chi connectivity index (χ0v) is 11.6. The van der Waals surface area contributed by atoms with Crippen LogP contribution in [-0.2, 0) is 9.59 Å². The van der Waals surface area contributed by atoms with Gasteiger partial charge in [0.1, 0.15) is 6.54 Å². The summed E-state index contributed by atoms with van der Waals surface area (Å²) < 4.78 is 0. The van der Waals surface area contributed by atoms with Crippen molar-refractivity contribution in [3.63, 3.8) is 0 Å². The number of hydrogen-bond acceptors (Lipinski definition) is 3. The molecule has 5 nitrogen and oxygen atoms in total. The molecule has 3 rings (SSSR count). The number of nitrogens with zero attached hydrogens (tertiary/aromatic N) is 2. The fourth-order valence-electron chi connectivity index (χ4n) is 2.84. The molecule has 0 aliphatic carbocycles. The summed E-state index contributed by atoms with van der Waals surface area (Å²) in [6, 6.07) is 8.03. The Kier molecular flexibility index (Phi) is 3.44. The van der Waals surface area contributed by atoms with Crippen LogP contribution in [0.25, 0.3) is 0 Å². The molecule has 2 aliphatic heterocycles. The Morgan fingerprint density at radius 2 is 2.05 bits per heavy atom. The third-order valence-electron chi connectivity index (χ3n) is 4.11. The van der Waals surface area contributed by atoms with Crippen molar-refractivity contribution in [2.24, 2.45) is 0 Å². The Bertz CT molecular complexity index is 538. The van der Waals surface area contributed by atoms with Crippen molar-refractivity contribution >= 4 is 17.5 Å². The molecule has 1 N–H and O–H groups in total. The number of rotatable bonds is 2. The maximum atomic E-state index is 12.1. The van der Waals surface area contributed by atoms with Gasteiger partial charge < -0.3 is 15.1 Å². The molecular formula is C15H19N3O2. The van der Waals surface area contributed by atoms with Gasteiger partial charge in [-0.1, -0.05) is 12.1 Å². The first kappa shape index (κ1) is 13.1. The second-order valence-electron chi connectivity index (χ2n) is 5.51. The molecule has 2 fully saturated rings. The predicted molar refractivity (Wildman–Crippen MR) is 76.7 cm³/mol. The summed E-state index contributed by atoms with van der Waals surface area (Å²) in [7, 11) is 1.66. The predicted octanol–water partition coefficient (Wildman–Crippen LogP) is 0.568. The SMILES string of the molecule is CN1CC(=O)N(c2cccc(C3CCNC3)c2)CC1=O. The van der Waals surface area contributed by atoms with Gasteiger partial charge in [0.15, 0.2) is 0 Å². The van der Waals surface area contributed by atoms with Crippen LogP contribution in [0.4, 0.5) is 5.69 Å². The van der Waals surface area contributed by atoms with Gasteiger partial charge in [0.25, 0.3) is 0 Å². The van der Waals surface area contributed by atoms with Crippen molar-refractivity contribution in [3.05, 3.63) is 29.8 Å². The van der Waals surface area contributed by atoms with Crippen LogP contribution >= 0.6 is 0 Å².